The zero-order valence-corrected chi connectivity index (χ0v) is 11.1. The molecule has 0 atom stereocenters. The average molecular weight is 251 g/mol. The van der Waals surface area contributed by atoms with E-state index in [1.807, 2.05) is 24.3 Å². The monoisotopic (exact) mass is 251 g/mol. The fourth-order valence-electron chi connectivity index (χ4n) is 1.89. The van der Waals surface area contributed by atoms with Crippen LogP contribution in [0.2, 0.25) is 0 Å². The van der Waals surface area contributed by atoms with E-state index in [1.54, 1.807) is 0 Å². The maximum Gasteiger partial charge on any atom is 0.123 e. The number of aryl methyl sites for hydroxylation is 2. The topological polar surface area (TPSA) is 33.0 Å². The molecule has 0 N–H and O–H groups in total. The molecule has 2 aromatic carbocycles. The predicted molar refractivity (Wildman–Crippen MR) is 75.9 cm³/mol. The van der Waals surface area contributed by atoms with Crippen LogP contribution in [-0.2, 0) is 13.0 Å². The third-order valence-electron chi connectivity index (χ3n) is 2.99. The summed E-state index contributed by atoms with van der Waals surface area (Å²) in [6, 6.07) is 18.4. The van der Waals surface area contributed by atoms with Crippen molar-refractivity contribution in [1.29, 1.82) is 5.26 Å². The molecular weight excluding hydrogens is 234 g/mol. The van der Waals surface area contributed by atoms with Gasteiger partial charge in [0, 0.05) is 6.42 Å². The van der Waals surface area contributed by atoms with Crippen LogP contribution in [0.25, 0.3) is 0 Å². The summed E-state index contributed by atoms with van der Waals surface area (Å²) in [6.07, 6.45) is 1.26. The minimum absolute atomic E-state index is 0.519. The molecule has 2 nitrogen and oxygen atoms in total. The first-order chi connectivity index (χ1) is 9.29. The Bertz CT molecular complexity index is 567. The van der Waals surface area contributed by atoms with Crippen molar-refractivity contribution in [2.45, 2.75) is 26.4 Å². The Labute approximate surface area is 114 Å². The summed E-state index contributed by atoms with van der Waals surface area (Å²) in [6.45, 7) is 2.63. The Morgan fingerprint density at radius 3 is 2.53 bits per heavy atom. The minimum Gasteiger partial charge on any atom is -0.489 e. The highest BCUT2D eigenvalue weighted by molar-refractivity contribution is 5.34. The van der Waals surface area contributed by atoms with Gasteiger partial charge in [-0.3, -0.25) is 0 Å². The second-order valence-corrected chi connectivity index (χ2v) is 4.54. The van der Waals surface area contributed by atoms with Crippen LogP contribution in [0, 0.1) is 18.3 Å². The van der Waals surface area contributed by atoms with E-state index in [2.05, 4.69) is 37.3 Å². The largest absolute Gasteiger partial charge is 0.489 e. The van der Waals surface area contributed by atoms with Gasteiger partial charge in [0.05, 0.1) is 6.07 Å². The SMILES string of the molecule is Cc1ccc(COc2ccccc2CCC#N)cc1. The van der Waals surface area contributed by atoms with Gasteiger partial charge in [0.1, 0.15) is 12.4 Å². The third kappa shape index (κ3) is 3.86. The van der Waals surface area contributed by atoms with Crippen molar-refractivity contribution in [1.82, 2.24) is 0 Å². The summed E-state index contributed by atoms with van der Waals surface area (Å²) in [5.41, 5.74) is 3.50. The molecule has 0 saturated carbocycles. The molecule has 19 heavy (non-hydrogen) atoms. The lowest BCUT2D eigenvalue weighted by atomic mass is 10.1. The first kappa shape index (κ1) is 13.2. The molecule has 0 radical (unpaired) electrons. The smallest absolute Gasteiger partial charge is 0.123 e. The van der Waals surface area contributed by atoms with Crippen molar-refractivity contribution in [2.75, 3.05) is 0 Å². The van der Waals surface area contributed by atoms with Gasteiger partial charge in [0.25, 0.3) is 0 Å². The Hall–Kier alpha value is -2.27. The number of hydrogen-bond acceptors (Lipinski definition) is 2. The highest BCUT2D eigenvalue weighted by Gasteiger charge is 2.03. The molecule has 0 fully saturated rings. The average Bonchev–Trinajstić information content (AvgIpc) is 2.45. The van der Waals surface area contributed by atoms with Crippen LogP contribution in [0.15, 0.2) is 48.5 Å². The van der Waals surface area contributed by atoms with E-state index in [-0.39, 0.29) is 0 Å². The lowest BCUT2D eigenvalue weighted by Crippen LogP contribution is -1.98. The summed E-state index contributed by atoms with van der Waals surface area (Å²) < 4.78 is 5.85. The molecule has 0 saturated heterocycles. The second kappa shape index (κ2) is 6.61. The summed E-state index contributed by atoms with van der Waals surface area (Å²) >= 11 is 0. The van der Waals surface area contributed by atoms with Crippen molar-refractivity contribution in [3.8, 4) is 11.8 Å². The summed E-state index contributed by atoms with van der Waals surface area (Å²) in [5.74, 6) is 0.873. The van der Waals surface area contributed by atoms with Crippen LogP contribution in [0.3, 0.4) is 0 Å². The van der Waals surface area contributed by atoms with Crippen molar-refractivity contribution in [3.63, 3.8) is 0 Å². The van der Waals surface area contributed by atoms with Gasteiger partial charge >= 0.3 is 0 Å². The zero-order chi connectivity index (χ0) is 13.5. The number of nitrogens with zero attached hydrogens (tertiary/aromatic N) is 1. The van der Waals surface area contributed by atoms with Gasteiger partial charge in [-0.25, -0.2) is 0 Å². The first-order valence-corrected chi connectivity index (χ1v) is 6.43. The third-order valence-corrected chi connectivity index (χ3v) is 2.99. The number of hydrogen-bond donors (Lipinski definition) is 0. The molecule has 2 rings (SSSR count). The van der Waals surface area contributed by atoms with Crippen LogP contribution in [0.5, 0.6) is 5.75 Å². The molecular formula is C17H17NO. The lowest BCUT2D eigenvalue weighted by Gasteiger charge is -2.10. The number of benzene rings is 2. The van der Waals surface area contributed by atoms with Crippen molar-refractivity contribution in [3.05, 3.63) is 65.2 Å². The summed E-state index contributed by atoms with van der Waals surface area (Å²) in [7, 11) is 0. The Morgan fingerprint density at radius 1 is 1.05 bits per heavy atom. The molecule has 0 aliphatic rings. The van der Waals surface area contributed by atoms with E-state index in [0.717, 1.165) is 23.3 Å². The molecule has 0 amide bonds. The van der Waals surface area contributed by atoms with E-state index in [1.165, 1.54) is 5.56 Å². The number of para-hydroxylation sites is 1. The highest BCUT2D eigenvalue weighted by atomic mass is 16.5. The van der Waals surface area contributed by atoms with Gasteiger partial charge in [-0.05, 0) is 30.5 Å². The molecule has 0 heterocycles. The van der Waals surface area contributed by atoms with Gasteiger partial charge < -0.3 is 4.74 Å². The van der Waals surface area contributed by atoms with Crippen LogP contribution >= 0.6 is 0 Å². The van der Waals surface area contributed by atoms with Crippen molar-refractivity contribution < 1.29 is 4.74 Å². The maximum absolute atomic E-state index is 8.66. The van der Waals surface area contributed by atoms with Gasteiger partial charge in [-0.15, -0.1) is 0 Å². The Kier molecular flexibility index (Phi) is 4.58. The molecule has 0 spiro atoms. The molecule has 0 unspecified atom stereocenters. The highest BCUT2D eigenvalue weighted by Crippen LogP contribution is 2.20. The molecule has 0 bridgehead atoms. The Morgan fingerprint density at radius 2 is 1.79 bits per heavy atom. The lowest BCUT2D eigenvalue weighted by molar-refractivity contribution is 0.303. The summed E-state index contributed by atoms with van der Waals surface area (Å²) in [4.78, 5) is 0. The molecule has 0 aliphatic carbocycles. The maximum atomic E-state index is 8.66. The van der Waals surface area contributed by atoms with Crippen molar-refractivity contribution >= 4 is 0 Å². The van der Waals surface area contributed by atoms with Gasteiger partial charge in [0.2, 0.25) is 0 Å². The fourth-order valence-corrected chi connectivity index (χ4v) is 1.89. The first-order valence-electron chi connectivity index (χ1n) is 6.43. The molecule has 0 aromatic heterocycles. The Balaban J connectivity index is 2.03. The molecule has 2 heteroatoms. The van der Waals surface area contributed by atoms with E-state index in [0.29, 0.717) is 13.0 Å². The number of rotatable bonds is 5. The van der Waals surface area contributed by atoms with Crippen LogP contribution < -0.4 is 4.74 Å². The van der Waals surface area contributed by atoms with E-state index >= 15 is 0 Å². The van der Waals surface area contributed by atoms with Gasteiger partial charge in [-0.1, -0.05) is 48.0 Å². The standard InChI is InChI=1S/C17H17NO/c1-14-8-10-15(11-9-14)13-19-17-7-3-2-5-16(17)6-4-12-18/h2-3,5,7-11H,4,6,13H2,1H3. The molecule has 2 aromatic rings. The van der Waals surface area contributed by atoms with E-state index < -0.39 is 0 Å². The van der Waals surface area contributed by atoms with Crippen LogP contribution in [0.4, 0.5) is 0 Å². The predicted octanol–water partition coefficient (Wildman–Crippen LogP) is 4.03. The summed E-state index contributed by atoms with van der Waals surface area (Å²) in [5, 5.41) is 8.66. The molecule has 0 aliphatic heterocycles. The number of nitriles is 1. The minimum atomic E-state index is 0.519. The zero-order valence-electron chi connectivity index (χ0n) is 11.1. The van der Waals surface area contributed by atoms with Crippen molar-refractivity contribution in [2.24, 2.45) is 0 Å². The molecule has 96 valence electrons. The second-order valence-electron chi connectivity index (χ2n) is 4.54. The van der Waals surface area contributed by atoms with E-state index in [4.69, 9.17) is 10.00 Å². The van der Waals surface area contributed by atoms with Gasteiger partial charge in [-0.2, -0.15) is 5.26 Å². The number of ether oxygens (including phenoxy) is 1. The van der Waals surface area contributed by atoms with Crippen LogP contribution in [-0.4, -0.2) is 0 Å². The quantitative estimate of drug-likeness (QED) is 0.803. The normalized spacial score (nSPS) is 9.89. The van der Waals surface area contributed by atoms with Crippen LogP contribution in [0.1, 0.15) is 23.1 Å². The fraction of sp³-hybridized carbons (Fsp3) is 0.235. The van der Waals surface area contributed by atoms with E-state index in [9.17, 15) is 0 Å². The van der Waals surface area contributed by atoms with Gasteiger partial charge in [0.15, 0.2) is 0 Å².